The topological polar surface area (TPSA) is 90.7 Å². The van der Waals surface area contributed by atoms with E-state index < -0.39 is 0 Å². The van der Waals surface area contributed by atoms with Crippen LogP contribution in [0.2, 0.25) is 0 Å². The number of carbonyl (C=O) groups is 1. The number of rotatable bonds is 6. The van der Waals surface area contributed by atoms with Crippen molar-refractivity contribution in [1.82, 2.24) is 9.97 Å². The first kappa shape index (κ1) is 15.4. The van der Waals surface area contributed by atoms with Crippen molar-refractivity contribution >= 4 is 17.5 Å². The molecule has 0 spiro atoms. The van der Waals surface area contributed by atoms with Crippen LogP contribution in [0.1, 0.15) is 35.8 Å². The van der Waals surface area contributed by atoms with E-state index in [0.29, 0.717) is 17.2 Å². The Labute approximate surface area is 129 Å². The maximum atomic E-state index is 12.2. The van der Waals surface area contributed by atoms with Crippen LogP contribution in [-0.2, 0) is 0 Å². The van der Waals surface area contributed by atoms with E-state index in [1.807, 2.05) is 6.07 Å². The van der Waals surface area contributed by atoms with Gasteiger partial charge in [0.1, 0.15) is 5.69 Å². The molecule has 0 saturated carbocycles. The van der Waals surface area contributed by atoms with Gasteiger partial charge < -0.3 is 10.6 Å². The van der Waals surface area contributed by atoms with E-state index in [0.717, 1.165) is 19.4 Å². The molecule has 2 aromatic rings. The van der Waals surface area contributed by atoms with Gasteiger partial charge in [-0.25, -0.2) is 9.97 Å². The third kappa shape index (κ3) is 4.28. The number of hydrogen-bond acceptors (Lipinski definition) is 5. The van der Waals surface area contributed by atoms with Crippen LogP contribution >= 0.6 is 0 Å². The van der Waals surface area contributed by atoms with Gasteiger partial charge in [0.05, 0.1) is 11.6 Å². The first-order chi connectivity index (χ1) is 10.7. The van der Waals surface area contributed by atoms with Crippen LogP contribution in [0.4, 0.5) is 11.6 Å². The molecule has 2 rings (SSSR count). The summed E-state index contributed by atoms with van der Waals surface area (Å²) in [5.74, 6) is 0.0999. The van der Waals surface area contributed by atoms with Crippen molar-refractivity contribution in [3.63, 3.8) is 0 Å². The second-order valence-corrected chi connectivity index (χ2v) is 4.69. The lowest BCUT2D eigenvalue weighted by atomic mass is 10.2. The highest BCUT2D eigenvalue weighted by atomic mass is 16.1. The Morgan fingerprint density at radius 3 is 3.00 bits per heavy atom. The summed E-state index contributed by atoms with van der Waals surface area (Å²) in [6, 6.07) is 10.3. The Balaban J connectivity index is 2.05. The SMILES string of the molecule is CCCCNc1nccc(C(=O)Nc2cccc(C#N)c2)n1. The predicted molar refractivity (Wildman–Crippen MR) is 84.5 cm³/mol. The minimum Gasteiger partial charge on any atom is -0.354 e. The van der Waals surface area contributed by atoms with Gasteiger partial charge in [0.15, 0.2) is 0 Å². The van der Waals surface area contributed by atoms with Crippen molar-refractivity contribution in [2.24, 2.45) is 0 Å². The van der Waals surface area contributed by atoms with E-state index in [1.54, 1.807) is 36.5 Å². The van der Waals surface area contributed by atoms with Crippen LogP contribution < -0.4 is 10.6 Å². The number of nitriles is 1. The lowest BCUT2D eigenvalue weighted by Gasteiger charge is -2.07. The van der Waals surface area contributed by atoms with Crippen molar-refractivity contribution in [3.8, 4) is 6.07 Å². The van der Waals surface area contributed by atoms with Crippen LogP contribution in [0.15, 0.2) is 36.5 Å². The molecule has 1 aromatic heterocycles. The molecule has 0 aliphatic carbocycles. The number of benzene rings is 1. The van der Waals surface area contributed by atoms with E-state index in [1.165, 1.54) is 0 Å². The van der Waals surface area contributed by atoms with E-state index in [-0.39, 0.29) is 11.6 Å². The van der Waals surface area contributed by atoms with Crippen LogP contribution in [0.5, 0.6) is 0 Å². The van der Waals surface area contributed by atoms with E-state index >= 15 is 0 Å². The summed E-state index contributed by atoms with van der Waals surface area (Å²) in [6.07, 6.45) is 3.63. The Kier molecular flexibility index (Phi) is 5.44. The molecular weight excluding hydrogens is 278 g/mol. The summed E-state index contributed by atoms with van der Waals surface area (Å²) in [5.41, 5.74) is 1.32. The van der Waals surface area contributed by atoms with Crippen molar-refractivity contribution < 1.29 is 4.79 Å². The molecule has 0 fully saturated rings. The number of hydrogen-bond donors (Lipinski definition) is 2. The van der Waals surface area contributed by atoms with E-state index in [4.69, 9.17) is 5.26 Å². The second kappa shape index (κ2) is 7.74. The molecule has 0 unspecified atom stereocenters. The minimum atomic E-state index is -0.337. The fourth-order valence-electron chi connectivity index (χ4n) is 1.81. The maximum Gasteiger partial charge on any atom is 0.274 e. The average molecular weight is 295 g/mol. The maximum absolute atomic E-state index is 12.2. The first-order valence-corrected chi connectivity index (χ1v) is 7.11. The number of nitrogens with one attached hydrogen (secondary N) is 2. The van der Waals surface area contributed by atoms with Crippen molar-refractivity contribution in [2.75, 3.05) is 17.2 Å². The molecule has 6 heteroatoms. The van der Waals surface area contributed by atoms with Gasteiger partial charge in [0, 0.05) is 18.4 Å². The van der Waals surface area contributed by atoms with Crippen molar-refractivity contribution in [3.05, 3.63) is 47.8 Å². The van der Waals surface area contributed by atoms with E-state index in [2.05, 4.69) is 27.5 Å². The third-order valence-electron chi connectivity index (χ3n) is 2.95. The van der Waals surface area contributed by atoms with Gasteiger partial charge in [-0.2, -0.15) is 5.26 Å². The molecule has 112 valence electrons. The molecule has 1 aromatic carbocycles. The highest BCUT2D eigenvalue weighted by Crippen LogP contribution is 2.11. The quantitative estimate of drug-likeness (QED) is 0.800. The Hall–Kier alpha value is -2.94. The molecule has 0 saturated heterocycles. The molecule has 2 N–H and O–H groups in total. The summed E-state index contributed by atoms with van der Waals surface area (Å²) in [6.45, 7) is 2.87. The molecule has 0 bridgehead atoms. The number of aromatic nitrogens is 2. The zero-order valence-corrected chi connectivity index (χ0v) is 12.3. The van der Waals surface area contributed by atoms with Gasteiger partial charge in [-0.15, -0.1) is 0 Å². The molecule has 0 aliphatic rings. The third-order valence-corrected chi connectivity index (χ3v) is 2.95. The van der Waals surface area contributed by atoms with Crippen molar-refractivity contribution in [1.29, 1.82) is 5.26 Å². The number of carbonyl (C=O) groups excluding carboxylic acids is 1. The molecular formula is C16H17N5O. The zero-order valence-electron chi connectivity index (χ0n) is 12.3. The van der Waals surface area contributed by atoms with Gasteiger partial charge >= 0.3 is 0 Å². The standard InChI is InChI=1S/C16H17N5O/c1-2-3-8-18-16-19-9-7-14(21-16)15(22)20-13-6-4-5-12(10-13)11-17/h4-7,9-10H,2-3,8H2,1H3,(H,20,22)(H,18,19,21). The number of nitrogens with zero attached hydrogens (tertiary/aromatic N) is 3. The van der Waals surface area contributed by atoms with Crippen LogP contribution in [-0.4, -0.2) is 22.4 Å². The number of amides is 1. The highest BCUT2D eigenvalue weighted by Gasteiger charge is 2.09. The van der Waals surface area contributed by atoms with Gasteiger partial charge in [0.2, 0.25) is 5.95 Å². The predicted octanol–water partition coefficient (Wildman–Crippen LogP) is 2.81. The summed E-state index contributed by atoms with van der Waals surface area (Å²) in [5, 5.41) is 14.7. The molecule has 1 amide bonds. The van der Waals surface area contributed by atoms with Crippen LogP contribution in [0.3, 0.4) is 0 Å². The Bertz CT molecular complexity index is 693. The van der Waals surface area contributed by atoms with Gasteiger partial charge in [-0.1, -0.05) is 19.4 Å². The van der Waals surface area contributed by atoms with Crippen LogP contribution in [0, 0.1) is 11.3 Å². The normalized spacial score (nSPS) is 9.82. The average Bonchev–Trinajstić information content (AvgIpc) is 2.55. The van der Waals surface area contributed by atoms with Crippen molar-refractivity contribution in [2.45, 2.75) is 19.8 Å². The highest BCUT2D eigenvalue weighted by molar-refractivity contribution is 6.03. The summed E-state index contributed by atoms with van der Waals surface area (Å²) < 4.78 is 0. The first-order valence-electron chi connectivity index (χ1n) is 7.11. The van der Waals surface area contributed by atoms with Crippen LogP contribution in [0.25, 0.3) is 0 Å². The summed E-state index contributed by atoms with van der Waals surface area (Å²) in [4.78, 5) is 20.5. The van der Waals surface area contributed by atoms with Gasteiger partial charge in [-0.3, -0.25) is 4.79 Å². The molecule has 0 radical (unpaired) electrons. The number of unbranched alkanes of at least 4 members (excludes halogenated alkanes) is 1. The van der Waals surface area contributed by atoms with Gasteiger partial charge in [0.25, 0.3) is 5.91 Å². The Morgan fingerprint density at radius 1 is 1.36 bits per heavy atom. The van der Waals surface area contributed by atoms with Gasteiger partial charge in [-0.05, 0) is 30.7 Å². The Morgan fingerprint density at radius 2 is 2.23 bits per heavy atom. The summed E-state index contributed by atoms with van der Waals surface area (Å²) in [7, 11) is 0. The largest absolute Gasteiger partial charge is 0.354 e. The summed E-state index contributed by atoms with van der Waals surface area (Å²) >= 11 is 0. The number of anilines is 2. The fraction of sp³-hybridized carbons (Fsp3) is 0.250. The zero-order chi connectivity index (χ0) is 15.8. The van der Waals surface area contributed by atoms with E-state index in [9.17, 15) is 4.79 Å². The molecule has 0 aliphatic heterocycles. The molecule has 6 nitrogen and oxygen atoms in total. The molecule has 1 heterocycles. The lowest BCUT2D eigenvalue weighted by molar-refractivity contribution is 0.102. The monoisotopic (exact) mass is 295 g/mol. The molecule has 0 atom stereocenters. The minimum absolute atomic E-state index is 0.274. The fourth-order valence-corrected chi connectivity index (χ4v) is 1.81. The molecule has 22 heavy (non-hydrogen) atoms. The second-order valence-electron chi connectivity index (χ2n) is 4.69. The lowest BCUT2D eigenvalue weighted by Crippen LogP contribution is -2.15. The smallest absolute Gasteiger partial charge is 0.274 e.